The molecule has 0 saturated carbocycles. The van der Waals surface area contributed by atoms with Gasteiger partial charge in [-0.25, -0.2) is 0 Å². The average Bonchev–Trinajstić information content (AvgIpc) is 2.46. The summed E-state index contributed by atoms with van der Waals surface area (Å²) in [6.45, 7) is 1.55. The molecule has 3 nitrogen and oxygen atoms in total. The van der Waals surface area contributed by atoms with E-state index in [4.69, 9.17) is 4.74 Å². The number of aliphatic hydroxyl groups excluding tert-OH is 1. The van der Waals surface area contributed by atoms with Crippen molar-refractivity contribution in [1.82, 2.24) is 5.32 Å². The zero-order valence-corrected chi connectivity index (χ0v) is 8.73. The van der Waals surface area contributed by atoms with Crippen LogP contribution in [0.1, 0.15) is 12.0 Å². The summed E-state index contributed by atoms with van der Waals surface area (Å²) in [5, 5.41) is 12.8. The molecule has 1 fully saturated rings. The molecule has 2 atom stereocenters. The van der Waals surface area contributed by atoms with E-state index in [0.717, 1.165) is 26.0 Å². The smallest absolute Gasteiger partial charge is 0.131 e. The predicted molar refractivity (Wildman–Crippen MR) is 58.5 cm³/mol. The number of rotatable bonds is 2. The fourth-order valence-electron chi connectivity index (χ4n) is 1.80. The minimum absolute atomic E-state index is 0.130. The van der Waals surface area contributed by atoms with Gasteiger partial charge in [0.15, 0.2) is 0 Å². The average molecular weight is 207 g/mol. The van der Waals surface area contributed by atoms with Crippen LogP contribution < -0.4 is 5.32 Å². The van der Waals surface area contributed by atoms with E-state index in [1.807, 2.05) is 18.2 Å². The quantitative estimate of drug-likeness (QED) is 0.758. The Kier molecular flexibility index (Phi) is 3.72. The van der Waals surface area contributed by atoms with Crippen molar-refractivity contribution in [2.24, 2.45) is 0 Å². The monoisotopic (exact) mass is 207 g/mol. The van der Waals surface area contributed by atoms with Gasteiger partial charge in [-0.05, 0) is 18.5 Å². The zero-order chi connectivity index (χ0) is 10.5. The van der Waals surface area contributed by atoms with Crippen LogP contribution >= 0.6 is 0 Å². The van der Waals surface area contributed by atoms with E-state index < -0.39 is 6.23 Å². The van der Waals surface area contributed by atoms with Crippen LogP contribution in [0.2, 0.25) is 0 Å². The van der Waals surface area contributed by atoms with Crippen LogP contribution in [0.5, 0.6) is 0 Å². The van der Waals surface area contributed by atoms with Crippen molar-refractivity contribution in [3.63, 3.8) is 0 Å². The van der Waals surface area contributed by atoms with Crippen molar-refractivity contribution in [2.45, 2.75) is 25.2 Å². The van der Waals surface area contributed by atoms with Gasteiger partial charge in [0.1, 0.15) is 12.3 Å². The van der Waals surface area contributed by atoms with Gasteiger partial charge < -0.3 is 9.84 Å². The first-order valence-corrected chi connectivity index (χ1v) is 5.43. The summed E-state index contributed by atoms with van der Waals surface area (Å²) in [4.78, 5) is 0. The first kappa shape index (κ1) is 10.6. The van der Waals surface area contributed by atoms with Crippen LogP contribution in [0.3, 0.4) is 0 Å². The SMILES string of the molecule is OC1NCCCOC1Cc1ccccc1. The molecule has 0 amide bonds. The summed E-state index contributed by atoms with van der Waals surface area (Å²) in [5.74, 6) is 0. The number of benzene rings is 1. The van der Waals surface area contributed by atoms with Crippen molar-refractivity contribution >= 4 is 0 Å². The number of hydrogen-bond acceptors (Lipinski definition) is 3. The van der Waals surface area contributed by atoms with Gasteiger partial charge in [0, 0.05) is 13.0 Å². The predicted octanol–water partition coefficient (Wildman–Crippen LogP) is 0.926. The van der Waals surface area contributed by atoms with Gasteiger partial charge in [0.2, 0.25) is 0 Å². The van der Waals surface area contributed by atoms with Crippen LogP contribution in [0, 0.1) is 0 Å². The van der Waals surface area contributed by atoms with Gasteiger partial charge in [-0.3, -0.25) is 5.32 Å². The molecule has 3 heteroatoms. The molecule has 2 N–H and O–H groups in total. The van der Waals surface area contributed by atoms with Crippen LogP contribution in [-0.4, -0.2) is 30.6 Å². The Hall–Kier alpha value is -0.900. The highest BCUT2D eigenvalue weighted by atomic mass is 16.5. The van der Waals surface area contributed by atoms with Crippen molar-refractivity contribution in [3.05, 3.63) is 35.9 Å². The van der Waals surface area contributed by atoms with Crippen LogP contribution in [0.25, 0.3) is 0 Å². The highest BCUT2D eigenvalue weighted by Crippen LogP contribution is 2.10. The number of nitrogens with one attached hydrogen (secondary N) is 1. The van der Waals surface area contributed by atoms with E-state index in [0.29, 0.717) is 0 Å². The summed E-state index contributed by atoms with van der Waals surface area (Å²) in [6, 6.07) is 10.1. The lowest BCUT2D eigenvalue weighted by Gasteiger charge is -2.20. The largest absolute Gasteiger partial charge is 0.376 e. The third kappa shape index (κ3) is 3.02. The first-order valence-electron chi connectivity index (χ1n) is 5.43. The van der Waals surface area contributed by atoms with Gasteiger partial charge in [0.05, 0.1) is 0 Å². The fourth-order valence-corrected chi connectivity index (χ4v) is 1.80. The van der Waals surface area contributed by atoms with E-state index >= 15 is 0 Å². The molecule has 0 radical (unpaired) electrons. The molecule has 2 rings (SSSR count). The molecule has 2 unspecified atom stereocenters. The molecule has 1 heterocycles. The molecular formula is C12H17NO2. The Morgan fingerprint density at radius 1 is 1.33 bits per heavy atom. The van der Waals surface area contributed by atoms with Crippen LogP contribution in [0.4, 0.5) is 0 Å². The molecule has 1 aliphatic heterocycles. The maximum atomic E-state index is 9.77. The van der Waals surface area contributed by atoms with Crippen molar-refractivity contribution in [1.29, 1.82) is 0 Å². The van der Waals surface area contributed by atoms with Crippen LogP contribution in [-0.2, 0) is 11.2 Å². The molecule has 0 aliphatic carbocycles. The first-order chi connectivity index (χ1) is 7.36. The lowest BCUT2D eigenvalue weighted by molar-refractivity contribution is -0.0338. The van der Waals surface area contributed by atoms with E-state index in [-0.39, 0.29) is 6.10 Å². The Balaban J connectivity index is 1.97. The Morgan fingerprint density at radius 3 is 2.93 bits per heavy atom. The van der Waals surface area contributed by atoms with E-state index in [1.165, 1.54) is 5.56 Å². The molecule has 0 spiro atoms. The van der Waals surface area contributed by atoms with Gasteiger partial charge >= 0.3 is 0 Å². The maximum absolute atomic E-state index is 9.77. The molecule has 1 aromatic rings. The molecule has 1 saturated heterocycles. The normalized spacial score (nSPS) is 27.3. The Morgan fingerprint density at radius 2 is 2.13 bits per heavy atom. The standard InChI is InChI=1S/C12H17NO2/c14-12-11(15-8-4-7-13-12)9-10-5-2-1-3-6-10/h1-3,5-6,11-14H,4,7-9H2. The Labute approximate surface area is 90.1 Å². The van der Waals surface area contributed by atoms with Gasteiger partial charge in [-0.2, -0.15) is 0 Å². The second-order valence-corrected chi connectivity index (χ2v) is 3.85. The Bertz CT molecular complexity index is 289. The lowest BCUT2D eigenvalue weighted by Crippen LogP contribution is -2.40. The summed E-state index contributed by atoms with van der Waals surface area (Å²) in [7, 11) is 0. The van der Waals surface area contributed by atoms with Gasteiger partial charge in [-0.15, -0.1) is 0 Å². The van der Waals surface area contributed by atoms with Crippen LogP contribution in [0.15, 0.2) is 30.3 Å². The van der Waals surface area contributed by atoms with Crippen molar-refractivity contribution in [3.8, 4) is 0 Å². The summed E-state index contributed by atoms with van der Waals surface area (Å²) in [6.07, 6.45) is 1.04. The van der Waals surface area contributed by atoms with E-state index in [9.17, 15) is 5.11 Å². The molecular weight excluding hydrogens is 190 g/mol. The zero-order valence-electron chi connectivity index (χ0n) is 8.73. The molecule has 1 aromatic carbocycles. The molecule has 0 bridgehead atoms. The number of hydrogen-bond donors (Lipinski definition) is 2. The summed E-state index contributed by atoms with van der Waals surface area (Å²) < 4.78 is 5.61. The molecule has 1 aliphatic rings. The third-order valence-electron chi connectivity index (χ3n) is 2.64. The summed E-state index contributed by atoms with van der Waals surface area (Å²) >= 11 is 0. The molecule has 15 heavy (non-hydrogen) atoms. The maximum Gasteiger partial charge on any atom is 0.131 e. The minimum atomic E-state index is -0.548. The summed E-state index contributed by atoms with van der Waals surface area (Å²) in [5.41, 5.74) is 1.20. The fraction of sp³-hybridized carbons (Fsp3) is 0.500. The second-order valence-electron chi connectivity index (χ2n) is 3.85. The van der Waals surface area contributed by atoms with Crippen molar-refractivity contribution in [2.75, 3.05) is 13.2 Å². The van der Waals surface area contributed by atoms with Crippen molar-refractivity contribution < 1.29 is 9.84 Å². The number of aliphatic hydroxyl groups is 1. The number of ether oxygens (including phenoxy) is 1. The lowest BCUT2D eigenvalue weighted by atomic mass is 10.1. The second kappa shape index (κ2) is 5.26. The minimum Gasteiger partial charge on any atom is -0.376 e. The highest BCUT2D eigenvalue weighted by Gasteiger charge is 2.21. The highest BCUT2D eigenvalue weighted by molar-refractivity contribution is 5.15. The van der Waals surface area contributed by atoms with E-state index in [2.05, 4.69) is 17.4 Å². The topological polar surface area (TPSA) is 41.5 Å². The van der Waals surface area contributed by atoms with Gasteiger partial charge in [0.25, 0.3) is 0 Å². The van der Waals surface area contributed by atoms with Gasteiger partial charge in [-0.1, -0.05) is 30.3 Å². The molecule has 82 valence electrons. The van der Waals surface area contributed by atoms with E-state index in [1.54, 1.807) is 0 Å². The third-order valence-corrected chi connectivity index (χ3v) is 2.64. The molecule has 0 aromatic heterocycles.